The maximum absolute atomic E-state index is 12.1. The molecule has 23 heavy (non-hydrogen) atoms. The zero-order chi connectivity index (χ0) is 16.1. The van der Waals surface area contributed by atoms with Gasteiger partial charge in [0.15, 0.2) is 0 Å². The lowest BCUT2D eigenvalue weighted by molar-refractivity contribution is 0.0943. The van der Waals surface area contributed by atoms with Gasteiger partial charge in [0.2, 0.25) is 0 Å². The Morgan fingerprint density at radius 1 is 1.22 bits per heavy atom. The zero-order valence-electron chi connectivity index (χ0n) is 12.7. The zero-order valence-corrected chi connectivity index (χ0v) is 12.7. The van der Waals surface area contributed by atoms with E-state index in [4.69, 9.17) is 9.47 Å². The number of H-pyrrole nitrogens is 1. The maximum atomic E-state index is 12.1. The Bertz CT molecular complexity index is 763. The van der Waals surface area contributed by atoms with Crippen LogP contribution in [0.4, 0.5) is 0 Å². The minimum absolute atomic E-state index is 0.179. The smallest absolute Gasteiger partial charge is 0.267 e. The molecule has 0 radical (unpaired) electrons. The number of aromatic nitrogens is 2. The van der Waals surface area contributed by atoms with Gasteiger partial charge in [0, 0.05) is 6.20 Å². The van der Waals surface area contributed by atoms with Crippen LogP contribution in [0.3, 0.4) is 0 Å². The number of aromatic amines is 1. The van der Waals surface area contributed by atoms with E-state index in [9.17, 15) is 4.79 Å². The summed E-state index contributed by atoms with van der Waals surface area (Å²) in [4.78, 5) is 19.3. The molecule has 2 aromatic heterocycles. The number of nitrogens with one attached hydrogen (secondary N) is 2. The summed E-state index contributed by atoms with van der Waals surface area (Å²) in [6, 6.07) is 12.7. The number of carbonyl (C=O) groups is 1. The topological polar surface area (TPSA) is 76.2 Å². The van der Waals surface area contributed by atoms with Gasteiger partial charge in [-0.1, -0.05) is 0 Å². The van der Waals surface area contributed by atoms with E-state index in [0.29, 0.717) is 18.8 Å². The van der Waals surface area contributed by atoms with Gasteiger partial charge in [-0.05, 0) is 42.5 Å². The highest BCUT2D eigenvalue weighted by Gasteiger charge is 2.09. The van der Waals surface area contributed by atoms with Crippen molar-refractivity contribution in [2.75, 3.05) is 20.3 Å². The standard InChI is InChI=1S/C17H17N3O3/c1-22-12-4-6-13(7-5-12)23-10-9-19-17(21)16-11-15-14(20-16)3-2-8-18-15/h2-8,11,20H,9-10H2,1H3,(H,19,21). The summed E-state index contributed by atoms with van der Waals surface area (Å²) in [6.07, 6.45) is 1.69. The number of hydrogen-bond acceptors (Lipinski definition) is 4. The third kappa shape index (κ3) is 3.60. The molecule has 0 aliphatic carbocycles. The van der Waals surface area contributed by atoms with E-state index >= 15 is 0 Å². The van der Waals surface area contributed by atoms with Crippen LogP contribution in [0.5, 0.6) is 11.5 Å². The quantitative estimate of drug-likeness (QED) is 0.685. The average Bonchev–Trinajstić information content (AvgIpc) is 3.03. The van der Waals surface area contributed by atoms with Crippen LogP contribution in [0.2, 0.25) is 0 Å². The third-order valence-electron chi connectivity index (χ3n) is 3.35. The highest BCUT2D eigenvalue weighted by atomic mass is 16.5. The molecule has 0 aliphatic rings. The van der Waals surface area contributed by atoms with Crippen LogP contribution < -0.4 is 14.8 Å². The van der Waals surface area contributed by atoms with Crippen molar-refractivity contribution in [3.05, 3.63) is 54.4 Å². The molecule has 1 amide bonds. The fourth-order valence-electron chi connectivity index (χ4n) is 2.18. The molecular formula is C17H17N3O3. The first kappa shape index (κ1) is 14.9. The van der Waals surface area contributed by atoms with Crippen LogP contribution in [-0.4, -0.2) is 36.1 Å². The summed E-state index contributed by atoms with van der Waals surface area (Å²) in [7, 11) is 1.62. The summed E-state index contributed by atoms with van der Waals surface area (Å²) in [5, 5.41) is 2.81. The number of nitrogens with zero attached hydrogens (tertiary/aromatic N) is 1. The lowest BCUT2D eigenvalue weighted by Crippen LogP contribution is -2.28. The lowest BCUT2D eigenvalue weighted by atomic mass is 10.3. The van der Waals surface area contributed by atoms with Crippen molar-refractivity contribution >= 4 is 16.9 Å². The van der Waals surface area contributed by atoms with Gasteiger partial charge in [-0.25, -0.2) is 0 Å². The fraction of sp³-hybridized carbons (Fsp3) is 0.176. The number of pyridine rings is 1. The van der Waals surface area contributed by atoms with E-state index in [1.54, 1.807) is 19.4 Å². The molecule has 3 rings (SSSR count). The number of fused-ring (bicyclic) bond motifs is 1. The Kier molecular flexibility index (Phi) is 4.42. The van der Waals surface area contributed by atoms with Gasteiger partial charge in [-0.3, -0.25) is 9.78 Å². The Balaban J connectivity index is 1.48. The molecule has 0 bridgehead atoms. The van der Waals surface area contributed by atoms with Gasteiger partial charge in [0.25, 0.3) is 5.91 Å². The summed E-state index contributed by atoms with van der Waals surface area (Å²) in [6.45, 7) is 0.796. The fourth-order valence-corrected chi connectivity index (χ4v) is 2.18. The van der Waals surface area contributed by atoms with E-state index < -0.39 is 0 Å². The maximum Gasteiger partial charge on any atom is 0.267 e. The highest BCUT2D eigenvalue weighted by Crippen LogP contribution is 2.16. The lowest BCUT2D eigenvalue weighted by Gasteiger charge is -2.07. The van der Waals surface area contributed by atoms with Crippen molar-refractivity contribution < 1.29 is 14.3 Å². The van der Waals surface area contributed by atoms with Crippen LogP contribution >= 0.6 is 0 Å². The molecule has 0 unspecified atom stereocenters. The highest BCUT2D eigenvalue weighted by molar-refractivity contribution is 5.97. The number of benzene rings is 1. The minimum atomic E-state index is -0.179. The van der Waals surface area contributed by atoms with Crippen LogP contribution in [-0.2, 0) is 0 Å². The second-order valence-electron chi connectivity index (χ2n) is 4.90. The van der Waals surface area contributed by atoms with E-state index in [2.05, 4.69) is 15.3 Å². The molecule has 0 aliphatic heterocycles. The van der Waals surface area contributed by atoms with Gasteiger partial charge in [0.05, 0.1) is 24.7 Å². The third-order valence-corrected chi connectivity index (χ3v) is 3.35. The number of carbonyl (C=O) groups excluding carboxylic acids is 1. The Labute approximate surface area is 133 Å². The molecule has 2 heterocycles. The molecule has 1 aromatic carbocycles. The van der Waals surface area contributed by atoms with Crippen LogP contribution in [0.1, 0.15) is 10.5 Å². The Hall–Kier alpha value is -3.02. The van der Waals surface area contributed by atoms with E-state index in [0.717, 1.165) is 22.5 Å². The van der Waals surface area contributed by atoms with Gasteiger partial charge in [-0.2, -0.15) is 0 Å². The summed E-state index contributed by atoms with van der Waals surface area (Å²) >= 11 is 0. The van der Waals surface area contributed by atoms with Crippen molar-refractivity contribution in [1.82, 2.24) is 15.3 Å². The monoisotopic (exact) mass is 311 g/mol. The summed E-state index contributed by atoms with van der Waals surface area (Å²) in [5.41, 5.74) is 2.10. The van der Waals surface area contributed by atoms with E-state index in [1.165, 1.54) is 0 Å². The number of methoxy groups -OCH3 is 1. The first-order chi connectivity index (χ1) is 11.3. The van der Waals surface area contributed by atoms with Crippen molar-refractivity contribution in [2.24, 2.45) is 0 Å². The molecule has 6 heteroatoms. The van der Waals surface area contributed by atoms with E-state index in [-0.39, 0.29) is 5.91 Å². The van der Waals surface area contributed by atoms with Gasteiger partial charge >= 0.3 is 0 Å². The van der Waals surface area contributed by atoms with Crippen molar-refractivity contribution in [1.29, 1.82) is 0 Å². The average molecular weight is 311 g/mol. The van der Waals surface area contributed by atoms with Gasteiger partial charge in [0.1, 0.15) is 23.8 Å². The predicted molar refractivity (Wildman–Crippen MR) is 86.9 cm³/mol. The van der Waals surface area contributed by atoms with Gasteiger partial charge in [-0.15, -0.1) is 0 Å². The minimum Gasteiger partial charge on any atom is -0.497 e. The molecule has 6 nitrogen and oxygen atoms in total. The van der Waals surface area contributed by atoms with Gasteiger partial charge < -0.3 is 19.8 Å². The van der Waals surface area contributed by atoms with Crippen LogP contribution in [0.15, 0.2) is 48.7 Å². The SMILES string of the molecule is COc1ccc(OCCNC(=O)c2cc3ncccc3[nH]2)cc1. The molecule has 2 N–H and O–H groups in total. The van der Waals surface area contributed by atoms with Crippen molar-refractivity contribution in [2.45, 2.75) is 0 Å². The predicted octanol–water partition coefficient (Wildman–Crippen LogP) is 2.38. The molecule has 0 fully saturated rings. The molecule has 0 spiro atoms. The van der Waals surface area contributed by atoms with E-state index in [1.807, 2.05) is 36.4 Å². The number of hydrogen-bond donors (Lipinski definition) is 2. The van der Waals surface area contributed by atoms with Crippen molar-refractivity contribution in [3.63, 3.8) is 0 Å². The summed E-state index contributed by atoms with van der Waals surface area (Å²) in [5.74, 6) is 1.33. The second kappa shape index (κ2) is 6.83. The number of ether oxygens (including phenoxy) is 2. The molecule has 118 valence electrons. The number of rotatable bonds is 6. The molecule has 0 saturated carbocycles. The largest absolute Gasteiger partial charge is 0.497 e. The molecular weight excluding hydrogens is 294 g/mol. The Morgan fingerprint density at radius 3 is 2.74 bits per heavy atom. The van der Waals surface area contributed by atoms with Crippen LogP contribution in [0.25, 0.3) is 11.0 Å². The normalized spacial score (nSPS) is 10.5. The van der Waals surface area contributed by atoms with Crippen molar-refractivity contribution in [3.8, 4) is 11.5 Å². The second-order valence-corrected chi connectivity index (χ2v) is 4.90. The molecule has 3 aromatic rings. The molecule has 0 saturated heterocycles. The summed E-state index contributed by atoms with van der Waals surface area (Å²) < 4.78 is 10.6. The first-order valence-electron chi connectivity index (χ1n) is 7.25. The van der Waals surface area contributed by atoms with Crippen LogP contribution in [0, 0.1) is 0 Å². The number of amides is 1. The Morgan fingerprint density at radius 2 is 2.00 bits per heavy atom. The molecule has 0 atom stereocenters. The first-order valence-corrected chi connectivity index (χ1v) is 7.25.